The molecule has 152 valence electrons. The standard InChI is InChI=1S/C25H36N2O/c1-25(2,3)21-9-11-22(12-10-21)28-24-14-8-20-17-19(7-13-23(20)26-24)18-27-15-5-4-6-16-27/h7-8,13-14,17,21-22H,4-6,9-12,15-16,18H2,1-3H3/t21-,22-. The molecule has 1 aliphatic heterocycles. The third kappa shape index (κ3) is 4.86. The van der Waals surface area contributed by atoms with Gasteiger partial charge in [0.2, 0.25) is 5.88 Å². The molecule has 2 fully saturated rings. The van der Waals surface area contributed by atoms with Crippen molar-refractivity contribution in [3.05, 3.63) is 35.9 Å². The van der Waals surface area contributed by atoms with E-state index in [1.54, 1.807) is 0 Å². The summed E-state index contributed by atoms with van der Waals surface area (Å²) in [6.45, 7) is 10.6. The molecule has 0 unspecified atom stereocenters. The van der Waals surface area contributed by atoms with Crippen LogP contribution in [0.5, 0.6) is 5.88 Å². The molecule has 0 radical (unpaired) electrons. The van der Waals surface area contributed by atoms with Crippen molar-refractivity contribution >= 4 is 10.9 Å². The van der Waals surface area contributed by atoms with Crippen LogP contribution in [-0.4, -0.2) is 29.1 Å². The SMILES string of the molecule is CC(C)(C)[C@H]1CC[C@H](Oc2ccc3cc(CN4CCCCC4)ccc3n2)CC1. The van der Waals surface area contributed by atoms with Gasteiger partial charge in [-0.05, 0) is 86.7 Å². The maximum absolute atomic E-state index is 6.26. The quantitative estimate of drug-likeness (QED) is 0.631. The maximum Gasteiger partial charge on any atom is 0.214 e. The highest BCUT2D eigenvalue weighted by Crippen LogP contribution is 2.38. The Morgan fingerprint density at radius 1 is 0.964 bits per heavy atom. The van der Waals surface area contributed by atoms with Crippen molar-refractivity contribution in [3.8, 4) is 5.88 Å². The molecule has 1 aromatic heterocycles. The fourth-order valence-corrected chi connectivity index (χ4v) is 4.91. The van der Waals surface area contributed by atoms with Crippen LogP contribution < -0.4 is 4.74 Å². The normalized spacial score (nSPS) is 24.4. The van der Waals surface area contributed by atoms with E-state index in [4.69, 9.17) is 9.72 Å². The van der Waals surface area contributed by atoms with Gasteiger partial charge in [-0.2, -0.15) is 0 Å². The molecule has 2 heterocycles. The molecule has 1 saturated carbocycles. The summed E-state index contributed by atoms with van der Waals surface area (Å²) in [5.41, 5.74) is 2.85. The van der Waals surface area contributed by atoms with Crippen molar-refractivity contribution in [1.82, 2.24) is 9.88 Å². The van der Waals surface area contributed by atoms with Gasteiger partial charge in [0, 0.05) is 18.0 Å². The zero-order chi connectivity index (χ0) is 19.6. The third-order valence-electron chi connectivity index (χ3n) is 6.77. The topological polar surface area (TPSA) is 25.4 Å². The largest absolute Gasteiger partial charge is 0.474 e. The lowest BCUT2D eigenvalue weighted by Crippen LogP contribution is -2.30. The van der Waals surface area contributed by atoms with Crippen LogP contribution in [0.15, 0.2) is 30.3 Å². The molecule has 0 amide bonds. The average molecular weight is 381 g/mol. The summed E-state index contributed by atoms with van der Waals surface area (Å²) in [4.78, 5) is 7.36. The molecule has 0 bridgehead atoms. The highest BCUT2D eigenvalue weighted by atomic mass is 16.5. The van der Waals surface area contributed by atoms with E-state index in [1.165, 1.54) is 56.1 Å². The second-order valence-electron chi connectivity index (χ2n) is 9.97. The second-order valence-corrected chi connectivity index (χ2v) is 9.97. The molecular formula is C25H36N2O. The van der Waals surface area contributed by atoms with E-state index in [0.717, 1.165) is 36.7 Å². The smallest absolute Gasteiger partial charge is 0.214 e. The minimum absolute atomic E-state index is 0.321. The van der Waals surface area contributed by atoms with Gasteiger partial charge in [-0.3, -0.25) is 4.90 Å². The Bertz CT molecular complexity index is 781. The summed E-state index contributed by atoms with van der Waals surface area (Å²) in [7, 11) is 0. The van der Waals surface area contributed by atoms with Crippen LogP contribution in [0.1, 0.15) is 71.3 Å². The van der Waals surface area contributed by atoms with Gasteiger partial charge >= 0.3 is 0 Å². The average Bonchev–Trinajstić information content (AvgIpc) is 2.69. The fourth-order valence-electron chi connectivity index (χ4n) is 4.91. The Hall–Kier alpha value is -1.61. The van der Waals surface area contributed by atoms with Crippen molar-refractivity contribution in [2.75, 3.05) is 13.1 Å². The zero-order valence-electron chi connectivity index (χ0n) is 17.9. The van der Waals surface area contributed by atoms with E-state index in [1.807, 2.05) is 0 Å². The van der Waals surface area contributed by atoms with Crippen LogP contribution in [0.2, 0.25) is 0 Å². The summed E-state index contributed by atoms with van der Waals surface area (Å²) in [6, 6.07) is 10.9. The molecule has 28 heavy (non-hydrogen) atoms. The molecule has 1 saturated heterocycles. The van der Waals surface area contributed by atoms with E-state index in [0.29, 0.717) is 11.5 Å². The van der Waals surface area contributed by atoms with Gasteiger partial charge in [0.1, 0.15) is 6.10 Å². The minimum Gasteiger partial charge on any atom is -0.474 e. The highest BCUT2D eigenvalue weighted by molar-refractivity contribution is 5.79. The molecule has 1 aliphatic carbocycles. The first-order valence-electron chi connectivity index (χ1n) is 11.3. The summed E-state index contributed by atoms with van der Waals surface area (Å²) in [6.07, 6.45) is 9.22. The third-order valence-corrected chi connectivity index (χ3v) is 6.77. The number of piperidine rings is 1. The van der Waals surface area contributed by atoms with Crippen LogP contribution in [0, 0.1) is 11.3 Å². The molecule has 3 heteroatoms. The first kappa shape index (κ1) is 19.7. The number of ether oxygens (including phenoxy) is 1. The Morgan fingerprint density at radius 2 is 1.71 bits per heavy atom. The number of benzene rings is 1. The number of aromatic nitrogens is 1. The van der Waals surface area contributed by atoms with Crippen molar-refractivity contribution in [2.24, 2.45) is 11.3 Å². The van der Waals surface area contributed by atoms with Crippen molar-refractivity contribution in [2.45, 2.75) is 78.4 Å². The van der Waals surface area contributed by atoms with E-state index in [-0.39, 0.29) is 0 Å². The lowest BCUT2D eigenvalue weighted by Gasteiger charge is -2.36. The van der Waals surface area contributed by atoms with Gasteiger partial charge in [0.05, 0.1) is 5.52 Å². The number of hydrogen-bond donors (Lipinski definition) is 0. The van der Waals surface area contributed by atoms with Crippen molar-refractivity contribution in [3.63, 3.8) is 0 Å². The van der Waals surface area contributed by atoms with Crippen LogP contribution in [0.3, 0.4) is 0 Å². The summed E-state index contributed by atoms with van der Waals surface area (Å²) >= 11 is 0. The summed E-state index contributed by atoms with van der Waals surface area (Å²) < 4.78 is 6.26. The molecule has 0 N–H and O–H groups in total. The van der Waals surface area contributed by atoms with Crippen molar-refractivity contribution < 1.29 is 4.74 Å². The van der Waals surface area contributed by atoms with Gasteiger partial charge < -0.3 is 4.74 Å². The predicted molar refractivity (Wildman–Crippen MR) is 117 cm³/mol. The summed E-state index contributed by atoms with van der Waals surface area (Å²) in [5.74, 6) is 1.60. The molecule has 2 aliphatic rings. The number of hydrogen-bond acceptors (Lipinski definition) is 3. The number of nitrogens with zero attached hydrogens (tertiary/aromatic N) is 2. The first-order valence-corrected chi connectivity index (χ1v) is 11.3. The maximum atomic E-state index is 6.26. The van der Waals surface area contributed by atoms with Gasteiger partial charge in [-0.1, -0.05) is 33.3 Å². The molecule has 1 aromatic carbocycles. The molecule has 0 atom stereocenters. The van der Waals surface area contributed by atoms with Crippen LogP contribution in [0.25, 0.3) is 10.9 Å². The van der Waals surface area contributed by atoms with E-state index >= 15 is 0 Å². The number of fused-ring (bicyclic) bond motifs is 1. The van der Waals surface area contributed by atoms with E-state index in [9.17, 15) is 0 Å². The lowest BCUT2D eigenvalue weighted by molar-refractivity contribution is 0.0854. The van der Waals surface area contributed by atoms with Gasteiger partial charge in [-0.15, -0.1) is 0 Å². The van der Waals surface area contributed by atoms with Gasteiger partial charge in [0.15, 0.2) is 0 Å². The lowest BCUT2D eigenvalue weighted by atomic mass is 9.72. The molecular weight excluding hydrogens is 344 g/mol. The van der Waals surface area contributed by atoms with Gasteiger partial charge in [-0.25, -0.2) is 4.98 Å². The molecule has 3 nitrogen and oxygen atoms in total. The molecule has 2 aromatic rings. The van der Waals surface area contributed by atoms with E-state index < -0.39 is 0 Å². The predicted octanol–water partition coefficient (Wildman–Crippen LogP) is 6.20. The highest BCUT2D eigenvalue weighted by Gasteiger charge is 2.30. The minimum atomic E-state index is 0.321. The zero-order valence-corrected chi connectivity index (χ0v) is 17.9. The summed E-state index contributed by atoms with van der Waals surface area (Å²) in [5, 5.41) is 1.22. The van der Waals surface area contributed by atoms with Crippen LogP contribution in [-0.2, 0) is 6.54 Å². The monoisotopic (exact) mass is 380 g/mol. The number of rotatable bonds is 4. The Balaban J connectivity index is 1.37. The van der Waals surface area contributed by atoms with E-state index in [2.05, 4.69) is 56.0 Å². The Kier molecular flexibility index (Phi) is 5.91. The van der Waals surface area contributed by atoms with Crippen LogP contribution >= 0.6 is 0 Å². The molecule has 0 spiro atoms. The fraction of sp³-hybridized carbons (Fsp3) is 0.640. The molecule has 4 rings (SSSR count). The Labute approximate surface area is 170 Å². The van der Waals surface area contributed by atoms with Crippen molar-refractivity contribution in [1.29, 1.82) is 0 Å². The first-order chi connectivity index (χ1) is 13.5. The Morgan fingerprint density at radius 3 is 2.43 bits per heavy atom. The van der Waals surface area contributed by atoms with Crippen LogP contribution in [0.4, 0.5) is 0 Å². The van der Waals surface area contributed by atoms with Gasteiger partial charge in [0.25, 0.3) is 0 Å². The number of likely N-dealkylation sites (tertiary alicyclic amines) is 1. The number of pyridine rings is 1. The second kappa shape index (κ2) is 8.41.